The number of phosphoric acid groups is 1. The van der Waals surface area contributed by atoms with Crippen LogP contribution in [-0.4, -0.2) is 51.2 Å². The maximum atomic E-state index is 10.7. The van der Waals surface area contributed by atoms with Gasteiger partial charge in [0.15, 0.2) is 6.29 Å². The van der Waals surface area contributed by atoms with Gasteiger partial charge in [-0.2, -0.15) is 0 Å². The largest absolute Gasteiger partial charge is 0.469 e. The number of hydrogen-bond acceptors (Lipinski definition) is 6. The van der Waals surface area contributed by atoms with Crippen LogP contribution >= 0.6 is 7.82 Å². The summed E-state index contributed by atoms with van der Waals surface area (Å²) < 4.78 is 25.5. The van der Waals surface area contributed by atoms with E-state index in [0.717, 1.165) is 5.56 Å². The van der Waals surface area contributed by atoms with Gasteiger partial charge in [0.05, 0.1) is 13.2 Å². The number of aliphatic hydroxyl groups is 2. The third-order valence-corrected chi connectivity index (χ3v) is 3.49. The Hall–Kier alpha value is -0.830. The second-order valence-electron chi connectivity index (χ2n) is 4.60. The van der Waals surface area contributed by atoms with Crippen molar-refractivity contribution in [3.8, 4) is 0 Å². The third kappa shape index (κ3) is 4.84. The molecule has 0 spiro atoms. The standard InChI is InChI=1S/C12H17O8P/c13-10-11(18-6-8-4-2-1-3-5-8)9(20-12(10)14)7-19-21(15,16)17/h1-5,9-14H,6-7H2,(H2,15,16,17). The lowest BCUT2D eigenvalue weighted by Gasteiger charge is -2.20. The number of benzene rings is 1. The summed E-state index contributed by atoms with van der Waals surface area (Å²) in [5.41, 5.74) is 0.848. The van der Waals surface area contributed by atoms with Crippen LogP contribution in [-0.2, 0) is 25.2 Å². The van der Waals surface area contributed by atoms with E-state index in [1.54, 1.807) is 0 Å². The molecule has 1 aromatic carbocycles. The van der Waals surface area contributed by atoms with Crippen LogP contribution in [0.25, 0.3) is 0 Å². The minimum atomic E-state index is -4.66. The average Bonchev–Trinajstić information content (AvgIpc) is 2.70. The summed E-state index contributed by atoms with van der Waals surface area (Å²) >= 11 is 0. The van der Waals surface area contributed by atoms with Crippen LogP contribution in [0.5, 0.6) is 0 Å². The van der Waals surface area contributed by atoms with Gasteiger partial charge in [-0.25, -0.2) is 4.57 Å². The van der Waals surface area contributed by atoms with Crippen molar-refractivity contribution in [2.24, 2.45) is 0 Å². The van der Waals surface area contributed by atoms with Gasteiger partial charge < -0.3 is 29.5 Å². The first-order chi connectivity index (χ1) is 9.87. The molecule has 0 radical (unpaired) electrons. The highest BCUT2D eigenvalue weighted by atomic mass is 31.2. The molecule has 1 aliphatic heterocycles. The van der Waals surface area contributed by atoms with Gasteiger partial charge in [0.25, 0.3) is 0 Å². The van der Waals surface area contributed by atoms with Gasteiger partial charge >= 0.3 is 7.82 Å². The molecule has 0 aliphatic carbocycles. The molecule has 0 saturated carbocycles. The van der Waals surface area contributed by atoms with Crippen LogP contribution in [0, 0.1) is 0 Å². The Labute approximate surface area is 121 Å². The fourth-order valence-electron chi connectivity index (χ4n) is 2.00. The zero-order valence-corrected chi connectivity index (χ0v) is 11.9. The minimum absolute atomic E-state index is 0.158. The molecule has 21 heavy (non-hydrogen) atoms. The van der Waals surface area contributed by atoms with Crippen LogP contribution in [0.1, 0.15) is 5.56 Å². The highest BCUT2D eigenvalue weighted by Crippen LogP contribution is 2.37. The maximum absolute atomic E-state index is 10.7. The van der Waals surface area contributed by atoms with Crippen LogP contribution in [0.2, 0.25) is 0 Å². The zero-order valence-electron chi connectivity index (χ0n) is 11.0. The molecule has 4 N–H and O–H groups in total. The monoisotopic (exact) mass is 320 g/mol. The Morgan fingerprint density at radius 1 is 1.19 bits per heavy atom. The molecule has 1 saturated heterocycles. The van der Waals surface area contributed by atoms with E-state index in [2.05, 4.69) is 4.52 Å². The van der Waals surface area contributed by atoms with E-state index in [4.69, 9.17) is 19.3 Å². The molecule has 118 valence electrons. The predicted octanol–water partition coefficient (Wildman–Crippen LogP) is -0.241. The Balaban J connectivity index is 1.94. The van der Waals surface area contributed by atoms with Gasteiger partial charge in [-0.15, -0.1) is 0 Å². The second-order valence-corrected chi connectivity index (χ2v) is 5.84. The SMILES string of the molecule is O=P(O)(O)OCC1OC(O)C(O)C1OCc1ccccc1. The van der Waals surface area contributed by atoms with Gasteiger partial charge in [0, 0.05) is 0 Å². The summed E-state index contributed by atoms with van der Waals surface area (Å²) in [4.78, 5) is 17.3. The number of phosphoric ester groups is 1. The molecule has 1 heterocycles. The molecule has 4 unspecified atom stereocenters. The average molecular weight is 320 g/mol. The van der Waals surface area contributed by atoms with Crippen molar-refractivity contribution in [3.63, 3.8) is 0 Å². The van der Waals surface area contributed by atoms with Crippen molar-refractivity contribution in [2.75, 3.05) is 6.61 Å². The molecule has 0 amide bonds. The predicted molar refractivity (Wildman–Crippen MR) is 69.9 cm³/mol. The van der Waals surface area contributed by atoms with E-state index in [-0.39, 0.29) is 6.61 Å². The number of hydrogen-bond donors (Lipinski definition) is 4. The lowest BCUT2D eigenvalue weighted by molar-refractivity contribution is -0.132. The fraction of sp³-hybridized carbons (Fsp3) is 0.500. The lowest BCUT2D eigenvalue weighted by atomic mass is 10.1. The van der Waals surface area contributed by atoms with Gasteiger partial charge in [0.1, 0.15) is 18.3 Å². The van der Waals surface area contributed by atoms with Crippen molar-refractivity contribution >= 4 is 7.82 Å². The van der Waals surface area contributed by atoms with Crippen molar-refractivity contribution in [1.82, 2.24) is 0 Å². The van der Waals surface area contributed by atoms with Crippen LogP contribution in [0.4, 0.5) is 0 Å². The molecule has 4 atom stereocenters. The van der Waals surface area contributed by atoms with E-state index >= 15 is 0 Å². The van der Waals surface area contributed by atoms with Crippen molar-refractivity contribution in [1.29, 1.82) is 0 Å². The molecule has 9 heteroatoms. The van der Waals surface area contributed by atoms with Gasteiger partial charge in [0.2, 0.25) is 0 Å². The topological polar surface area (TPSA) is 126 Å². The minimum Gasteiger partial charge on any atom is -0.385 e. The maximum Gasteiger partial charge on any atom is 0.469 e. The van der Waals surface area contributed by atoms with Gasteiger partial charge in [-0.05, 0) is 5.56 Å². The fourth-order valence-corrected chi connectivity index (χ4v) is 2.34. The molecular weight excluding hydrogens is 303 g/mol. The molecule has 1 fully saturated rings. The smallest absolute Gasteiger partial charge is 0.385 e. The zero-order chi connectivity index (χ0) is 15.5. The summed E-state index contributed by atoms with van der Waals surface area (Å²) in [6.45, 7) is -0.344. The van der Waals surface area contributed by atoms with E-state index in [1.165, 1.54) is 0 Å². The Morgan fingerprint density at radius 3 is 2.48 bits per heavy atom. The first-order valence-electron chi connectivity index (χ1n) is 6.24. The van der Waals surface area contributed by atoms with Crippen LogP contribution in [0.15, 0.2) is 30.3 Å². The second kappa shape index (κ2) is 6.95. The number of aliphatic hydroxyl groups excluding tert-OH is 2. The van der Waals surface area contributed by atoms with Gasteiger partial charge in [-0.3, -0.25) is 4.52 Å². The Bertz CT molecular complexity index is 489. The van der Waals surface area contributed by atoms with Crippen molar-refractivity contribution in [3.05, 3.63) is 35.9 Å². The summed E-state index contributed by atoms with van der Waals surface area (Å²) in [7, 11) is -4.66. The Kier molecular flexibility index (Phi) is 5.48. The molecular formula is C12H17O8P. The lowest BCUT2D eigenvalue weighted by Crippen LogP contribution is -2.36. The number of ether oxygens (including phenoxy) is 2. The summed E-state index contributed by atoms with van der Waals surface area (Å²) in [6.07, 6.45) is -4.74. The van der Waals surface area contributed by atoms with E-state index < -0.39 is 39.0 Å². The van der Waals surface area contributed by atoms with Gasteiger partial charge in [-0.1, -0.05) is 30.3 Å². The first-order valence-corrected chi connectivity index (χ1v) is 7.77. The molecule has 8 nitrogen and oxygen atoms in total. The highest BCUT2D eigenvalue weighted by molar-refractivity contribution is 7.46. The molecule has 0 bridgehead atoms. The highest BCUT2D eigenvalue weighted by Gasteiger charge is 2.44. The Morgan fingerprint density at radius 2 is 1.86 bits per heavy atom. The van der Waals surface area contributed by atoms with Crippen molar-refractivity contribution in [2.45, 2.75) is 31.2 Å². The van der Waals surface area contributed by atoms with Crippen LogP contribution in [0.3, 0.4) is 0 Å². The van der Waals surface area contributed by atoms with Crippen molar-refractivity contribution < 1.29 is 38.6 Å². The molecule has 2 rings (SSSR count). The summed E-state index contributed by atoms with van der Waals surface area (Å²) in [5.74, 6) is 0. The number of rotatable bonds is 6. The van der Waals surface area contributed by atoms with E-state index in [0.29, 0.717) is 0 Å². The third-order valence-electron chi connectivity index (χ3n) is 3.00. The molecule has 1 aromatic rings. The summed E-state index contributed by atoms with van der Waals surface area (Å²) in [5, 5.41) is 19.2. The van der Waals surface area contributed by atoms with E-state index in [9.17, 15) is 14.8 Å². The normalized spacial score (nSPS) is 29.7. The first kappa shape index (κ1) is 16.5. The molecule has 0 aromatic heterocycles. The quantitative estimate of drug-likeness (QED) is 0.529. The van der Waals surface area contributed by atoms with E-state index in [1.807, 2.05) is 30.3 Å². The molecule has 1 aliphatic rings. The van der Waals surface area contributed by atoms with Crippen LogP contribution < -0.4 is 0 Å². The summed E-state index contributed by atoms with van der Waals surface area (Å²) in [6, 6.07) is 9.13.